The highest BCUT2D eigenvalue weighted by Gasteiger charge is 2.28. The summed E-state index contributed by atoms with van der Waals surface area (Å²) in [6, 6.07) is 4.82. The van der Waals surface area contributed by atoms with Gasteiger partial charge in [0.2, 0.25) is 0 Å². The number of carbonyl (C=O) groups excluding carboxylic acids is 1. The molecule has 2 aliphatic heterocycles. The van der Waals surface area contributed by atoms with E-state index in [0.29, 0.717) is 18.4 Å². The first-order valence-corrected chi connectivity index (χ1v) is 10.1. The predicted molar refractivity (Wildman–Crippen MR) is 103 cm³/mol. The van der Waals surface area contributed by atoms with E-state index in [4.69, 9.17) is 9.47 Å². The zero-order chi connectivity index (χ0) is 19.2. The molecule has 150 valence electrons. The molecule has 27 heavy (non-hydrogen) atoms. The third-order valence-electron chi connectivity index (χ3n) is 5.88. The number of hydrogen-bond donors (Lipinski definition) is 0. The molecule has 3 rings (SSSR count). The van der Waals surface area contributed by atoms with Gasteiger partial charge >= 0.3 is 6.09 Å². The van der Waals surface area contributed by atoms with Crippen molar-refractivity contribution in [3.8, 4) is 5.75 Å². The quantitative estimate of drug-likeness (QED) is 0.780. The average molecular weight is 378 g/mol. The molecule has 2 fully saturated rings. The van der Waals surface area contributed by atoms with Crippen LogP contribution < -0.4 is 4.74 Å². The second kappa shape index (κ2) is 9.40. The second-order valence-electron chi connectivity index (χ2n) is 7.59. The molecular weight excluding hydrogens is 347 g/mol. The molecular formula is C21H31FN2O3. The van der Waals surface area contributed by atoms with Crippen LogP contribution in [0, 0.1) is 11.7 Å². The second-order valence-corrected chi connectivity index (χ2v) is 7.59. The maximum Gasteiger partial charge on any atom is 0.409 e. The lowest BCUT2D eigenvalue weighted by atomic mass is 9.87. The minimum Gasteiger partial charge on any atom is -0.496 e. The number of carbonyl (C=O) groups is 1. The van der Waals surface area contributed by atoms with E-state index in [0.717, 1.165) is 69.7 Å². The molecule has 2 aliphatic rings. The van der Waals surface area contributed by atoms with Crippen molar-refractivity contribution in [2.75, 3.05) is 46.4 Å². The summed E-state index contributed by atoms with van der Waals surface area (Å²) in [6.45, 7) is 7.01. The van der Waals surface area contributed by atoms with E-state index >= 15 is 0 Å². The van der Waals surface area contributed by atoms with Crippen molar-refractivity contribution in [3.05, 3.63) is 29.6 Å². The molecule has 0 unspecified atom stereocenters. The van der Waals surface area contributed by atoms with Crippen LogP contribution in [0.15, 0.2) is 18.2 Å². The number of rotatable bonds is 5. The fraction of sp³-hybridized carbons (Fsp3) is 0.667. The van der Waals surface area contributed by atoms with Crippen molar-refractivity contribution in [1.82, 2.24) is 9.80 Å². The standard InChI is InChI=1S/C21H31FN2O3/c1-3-27-21(25)24-12-6-16(7-13-24)15-23-10-8-17(9-11-23)19-14-18(22)4-5-20(19)26-2/h4-5,14,16-17H,3,6-13,15H2,1-2H3. The number of benzene rings is 1. The summed E-state index contributed by atoms with van der Waals surface area (Å²) in [5.74, 6) is 1.59. The van der Waals surface area contributed by atoms with Gasteiger partial charge in [0.25, 0.3) is 0 Å². The van der Waals surface area contributed by atoms with E-state index in [2.05, 4.69) is 4.90 Å². The normalized spacial score (nSPS) is 19.9. The Hall–Kier alpha value is -1.82. The van der Waals surface area contributed by atoms with Crippen LogP contribution in [0.2, 0.25) is 0 Å². The van der Waals surface area contributed by atoms with Gasteiger partial charge in [0.1, 0.15) is 11.6 Å². The number of nitrogens with zero attached hydrogens (tertiary/aromatic N) is 2. The Morgan fingerprint density at radius 1 is 1.15 bits per heavy atom. The van der Waals surface area contributed by atoms with Crippen LogP contribution in [0.5, 0.6) is 5.75 Å². The molecule has 1 aromatic carbocycles. The Morgan fingerprint density at radius 2 is 1.85 bits per heavy atom. The Morgan fingerprint density at radius 3 is 2.48 bits per heavy atom. The van der Waals surface area contributed by atoms with Crippen LogP contribution in [-0.4, -0.2) is 62.3 Å². The smallest absolute Gasteiger partial charge is 0.409 e. The lowest BCUT2D eigenvalue weighted by Gasteiger charge is -2.37. The van der Waals surface area contributed by atoms with Crippen molar-refractivity contribution in [1.29, 1.82) is 0 Å². The SMILES string of the molecule is CCOC(=O)N1CCC(CN2CCC(c3cc(F)ccc3OC)CC2)CC1. The molecule has 0 N–H and O–H groups in total. The highest BCUT2D eigenvalue weighted by molar-refractivity contribution is 5.67. The monoisotopic (exact) mass is 378 g/mol. The summed E-state index contributed by atoms with van der Waals surface area (Å²) in [6.07, 6.45) is 3.96. The number of amides is 1. The molecule has 2 saturated heterocycles. The molecule has 0 aromatic heterocycles. The van der Waals surface area contributed by atoms with Gasteiger partial charge in [-0.05, 0) is 75.7 Å². The van der Waals surface area contributed by atoms with Crippen molar-refractivity contribution in [3.63, 3.8) is 0 Å². The summed E-state index contributed by atoms with van der Waals surface area (Å²) in [5, 5.41) is 0. The maximum atomic E-state index is 13.7. The van der Waals surface area contributed by atoms with Gasteiger partial charge in [0.05, 0.1) is 13.7 Å². The van der Waals surface area contributed by atoms with Crippen LogP contribution in [-0.2, 0) is 4.74 Å². The first-order valence-electron chi connectivity index (χ1n) is 10.1. The van der Waals surface area contributed by atoms with Crippen molar-refractivity contribution in [2.45, 2.75) is 38.5 Å². The van der Waals surface area contributed by atoms with Crippen molar-refractivity contribution >= 4 is 6.09 Å². The Kier molecular flexibility index (Phi) is 6.94. The lowest BCUT2D eigenvalue weighted by Crippen LogP contribution is -2.43. The van der Waals surface area contributed by atoms with Gasteiger partial charge in [-0.15, -0.1) is 0 Å². The van der Waals surface area contributed by atoms with Crippen LogP contribution in [0.4, 0.5) is 9.18 Å². The minimum atomic E-state index is -0.193. The molecule has 0 aliphatic carbocycles. The molecule has 1 aromatic rings. The van der Waals surface area contributed by atoms with Crippen LogP contribution >= 0.6 is 0 Å². The van der Waals surface area contributed by atoms with E-state index in [1.807, 2.05) is 11.8 Å². The summed E-state index contributed by atoms with van der Waals surface area (Å²) in [7, 11) is 1.65. The van der Waals surface area contributed by atoms with E-state index in [9.17, 15) is 9.18 Å². The summed E-state index contributed by atoms with van der Waals surface area (Å²) in [4.78, 5) is 16.1. The van der Waals surface area contributed by atoms with Crippen molar-refractivity contribution < 1.29 is 18.7 Å². The number of piperidine rings is 2. The number of halogens is 1. The van der Waals surface area contributed by atoms with Crippen LogP contribution in [0.25, 0.3) is 0 Å². The number of ether oxygens (including phenoxy) is 2. The highest BCUT2D eigenvalue weighted by Crippen LogP contribution is 2.35. The van der Waals surface area contributed by atoms with Gasteiger partial charge in [0, 0.05) is 25.2 Å². The molecule has 0 saturated carbocycles. The van der Waals surface area contributed by atoms with Gasteiger partial charge in [-0.2, -0.15) is 0 Å². The van der Waals surface area contributed by atoms with Crippen LogP contribution in [0.3, 0.4) is 0 Å². The van der Waals surface area contributed by atoms with E-state index in [1.54, 1.807) is 19.2 Å². The van der Waals surface area contributed by atoms with E-state index in [1.165, 1.54) is 6.07 Å². The van der Waals surface area contributed by atoms with Gasteiger partial charge in [-0.3, -0.25) is 0 Å². The predicted octanol–water partition coefficient (Wildman–Crippen LogP) is 3.88. The fourth-order valence-corrected chi connectivity index (χ4v) is 4.33. The number of methoxy groups -OCH3 is 1. The lowest BCUT2D eigenvalue weighted by molar-refractivity contribution is 0.0830. The molecule has 6 heteroatoms. The maximum absolute atomic E-state index is 13.7. The highest BCUT2D eigenvalue weighted by atomic mass is 19.1. The van der Waals surface area contributed by atoms with Gasteiger partial charge in [-0.25, -0.2) is 9.18 Å². The fourth-order valence-electron chi connectivity index (χ4n) is 4.33. The Bertz CT molecular complexity index is 624. The third kappa shape index (κ3) is 5.12. The number of likely N-dealkylation sites (tertiary alicyclic amines) is 2. The summed E-state index contributed by atoms with van der Waals surface area (Å²) >= 11 is 0. The van der Waals surface area contributed by atoms with Crippen molar-refractivity contribution in [2.24, 2.45) is 5.92 Å². The first-order chi connectivity index (χ1) is 13.1. The average Bonchev–Trinajstić information content (AvgIpc) is 2.69. The van der Waals surface area contributed by atoms with E-state index < -0.39 is 0 Å². The molecule has 2 heterocycles. The van der Waals surface area contributed by atoms with Gasteiger partial charge in [-0.1, -0.05) is 0 Å². The minimum absolute atomic E-state index is 0.180. The Labute approximate surface area is 161 Å². The topological polar surface area (TPSA) is 42.0 Å². The summed E-state index contributed by atoms with van der Waals surface area (Å²) in [5.41, 5.74) is 1.000. The van der Waals surface area contributed by atoms with Gasteiger partial charge < -0.3 is 19.3 Å². The molecule has 0 radical (unpaired) electrons. The largest absolute Gasteiger partial charge is 0.496 e. The summed E-state index contributed by atoms with van der Waals surface area (Å²) < 4.78 is 24.2. The molecule has 1 amide bonds. The zero-order valence-corrected chi connectivity index (χ0v) is 16.5. The molecule has 0 bridgehead atoms. The molecule has 5 nitrogen and oxygen atoms in total. The van der Waals surface area contributed by atoms with Crippen LogP contribution in [0.1, 0.15) is 44.1 Å². The number of hydrogen-bond acceptors (Lipinski definition) is 4. The molecule has 0 atom stereocenters. The zero-order valence-electron chi connectivity index (χ0n) is 16.5. The first kappa shape index (κ1) is 19.9. The Balaban J connectivity index is 1.45. The third-order valence-corrected chi connectivity index (χ3v) is 5.88. The van der Waals surface area contributed by atoms with E-state index in [-0.39, 0.29) is 11.9 Å². The molecule has 0 spiro atoms. The van der Waals surface area contributed by atoms with Gasteiger partial charge in [0.15, 0.2) is 0 Å².